The molecule has 9 heteroatoms. The molecule has 1 aromatic carbocycles. The Morgan fingerprint density at radius 2 is 2.08 bits per heavy atom. The minimum absolute atomic E-state index is 0.0616. The van der Waals surface area contributed by atoms with Crippen LogP contribution in [0, 0.1) is 0 Å². The molecule has 1 fully saturated rings. The summed E-state index contributed by atoms with van der Waals surface area (Å²) in [5.74, 6) is 0.316. The van der Waals surface area contributed by atoms with Crippen molar-refractivity contribution in [2.45, 2.75) is 23.7 Å². The lowest BCUT2D eigenvalue weighted by atomic mass is 10.0. The van der Waals surface area contributed by atoms with E-state index in [1.54, 1.807) is 6.07 Å². The molecule has 4 rings (SSSR count). The van der Waals surface area contributed by atoms with Crippen molar-refractivity contribution < 1.29 is 17.7 Å². The summed E-state index contributed by atoms with van der Waals surface area (Å²) in [4.78, 5) is 16.7. The smallest absolute Gasteiger partial charge is 0.199 e. The van der Waals surface area contributed by atoms with Gasteiger partial charge in [-0.05, 0) is 31.0 Å². The van der Waals surface area contributed by atoms with E-state index in [2.05, 4.69) is 15.2 Å². The first-order valence-corrected chi connectivity index (χ1v) is 9.52. The predicted molar refractivity (Wildman–Crippen MR) is 86.4 cm³/mol. The Balaban J connectivity index is 1.83. The monoisotopic (exact) mass is 358 g/mol. The van der Waals surface area contributed by atoms with Gasteiger partial charge in [-0.3, -0.25) is 4.79 Å². The van der Waals surface area contributed by atoms with Gasteiger partial charge in [0.2, 0.25) is 0 Å². The average molecular weight is 358 g/mol. The lowest BCUT2D eigenvalue weighted by Crippen LogP contribution is -2.11. The third kappa shape index (κ3) is 2.86. The predicted octanol–water partition coefficient (Wildman–Crippen LogP) is 1.77. The van der Waals surface area contributed by atoms with Crippen LogP contribution in [0.1, 0.15) is 40.4 Å². The summed E-state index contributed by atoms with van der Waals surface area (Å²) < 4.78 is 31.1. The molecule has 0 unspecified atom stereocenters. The first-order chi connectivity index (χ1) is 11.9. The van der Waals surface area contributed by atoms with E-state index in [1.165, 1.54) is 35.7 Å². The molecule has 0 radical (unpaired) electrons. The van der Waals surface area contributed by atoms with Crippen molar-refractivity contribution in [3.8, 4) is 5.69 Å². The molecule has 0 amide bonds. The zero-order valence-corrected chi connectivity index (χ0v) is 14.1. The van der Waals surface area contributed by atoms with Crippen molar-refractivity contribution in [2.75, 3.05) is 6.26 Å². The summed E-state index contributed by atoms with van der Waals surface area (Å²) in [6.45, 7) is 0. The van der Waals surface area contributed by atoms with Gasteiger partial charge in [0.1, 0.15) is 12.7 Å². The molecule has 2 aromatic heterocycles. The van der Waals surface area contributed by atoms with Crippen molar-refractivity contribution >= 4 is 15.6 Å². The van der Waals surface area contributed by atoms with Crippen LogP contribution in [0.3, 0.4) is 0 Å². The molecule has 128 valence electrons. The third-order valence-corrected chi connectivity index (χ3v) is 5.22. The topological polar surface area (TPSA) is 108 Å². The van der Waals surface area contributed by atoms with Gasteiger partial charge >= 0.3 is 0 Å². The fourth-order valence-corrected chi connectivity index (χ4v) is 3.59. The van der Waals surface area contributed by atoms with Crippen LogP contribution >= 0.6 is 0 Å². The van der Waals surface area contributed by atoms with E-state index >= 15 is 0 Å². The fraction of sp³-hybridized carbons (Fsp3) is 0.250. The number of sulfone groups is 1. The van der Waals surface area contributed by atoms with Crippen molar-refractivity contribution in [1.29, 1.82) is 0 Å². The molecule has 2 heterocycles. The highest BCUT2D eigenvalue weighted by molar-refractivity contribution is 7.90. The first-order valence-electron chi connectivity index (χ1n) is 7.63. The van der Waals surface area contributed by atoms with Crippen LogP contribution in [0.15, 0.2) is 46.5 Å². The van der Waals surface area contributed by atoms with E-state index in [0.29, 0.717) is 17.0 Å². The van der Waals surface area contributed by atoms with Gasteiger partial charge in [-0.1, -0.05) is 5.16 Å². The number of carbonyl (C=O) groups is 1. The van der Waals surface area contributed by atoms with E-state index in [4.69, 9.17) is 4.52 Å². The maximum absolute atomic E-state index is 12.9. The Labute approximate surface area is 143 Å². The number of rotatable bonds is 5. The third-order valence-electron chi connectivity index (χ3n) is 4.08. The molecule has 1 saturated carbocycles. The lowest BCUT2D eigenvalue weighted by molar-refractivity contribution is 0.103. The molecule has 25 heavy (non-hydrogen) atoms. The van der Waals surface area contributed by atoms with Gasteiger partial charge < -0.3 is 4.52 Å². The maximum Gasteiger partial charge on any atom is 0.199 e. The summed E-state index contributed by atoms with van der Waals surface area (Å²) in [6, 6.07) is 4.53. The molecule has 1 aliphatic rings. The van der Waals surface area contributed by atoms with Crippen molar-refractivity contribution in [3.63, 3.8) is 0 Å². The molecule has 0 atom stereocenters. The molecular formula is C16H14N4O4S. The zero-order chi connectivity index (χ0) is 17.6. The second-order valence-corrected chi connectivity index (χ2v) is 7.98. The number of carbonyl (C=O) groups excluding carboxylic acids is 1. The molecule has 3 aromatic rings. The Kier molecular flexibility index (Phi) is 3.53. The van der Waals surface area contributed by atoms with Crippen LogP contribution < -0.4 is 0 Å². The minimum atomic E-state index is -3.63. The highest BCUT2D eigenvalue weighted by Gasteiger charge is 2.33. The Morgan fingerprint density at radius 3 is 2.72 bits per heavy atom. The Bertz CT molecular complexity index is 1050. The highest BCUT2D eigenvalue weighted by Crippen LogP contribution is 2.42. The number of hydrogen-bond acceptors (Lipinski definition) is 7. The van der Waals surface area contributed by atoms with Crippen molar-refractivity contribution in [3.05, 3.63) is 53.9 Å². The quantitative estimate of drug-likeness (QED) is 0.639. The van der Waals surface area contributed by atoms with Crippen molar-refractivity contribution in [2.24, 2.45) is 0 Å². The number of hydrogen-bond donors (Lipinski definition) is 0. The Morgan fingerprint density at radius 1 is 1.28 bits per heavy atom. The fourth-order valence-electron chi connectivity index (χ4n) is 2.69. The van der Waals surface area contributed by atoms with Crippen LogP contribution in [0.4, 0.5) is 0 Å². The lowest BCUT2D eigenvalue weighted by Gasteiger charge is -2.09. The second kappa shape index (κ2) is 5.62. The van der Waals surface area contributed by atoms with Gasteiger partial charge in [0.15, 0.2) is 21.4 Å². The van der Waals surface area contributed by atoms with E-state index in [1.807, 2.05) is 0 Å². The van der Waals surface area contributed by atoms with Crippen LogP contribution in [0.2, 0.25) is 0 Å². The van der Waals surface area contributed by atoms with E-state index in [-0.39, 0.29) is 16.4 Å². The molecule has 8 nitrogen and oxygen atoms in total. The SMILES string of the molecule is CS(=O)(=O)c1cc(-n2cncn2)ccc1C(=O)c1cnoc1C1CC1. The first kappa shape index (κ1) is 15.7. The molecule has 1 aliphatic carbocycles. The number of nitrogens with zero attached hydrogens (tertiary/aromatic N) is 4. The van der Waals surface area contributed by atoms with Crippen LogP contribution in [0.25, 0.3) is 5.69 Å². The number of ketones is 1. The van der Waals surface area contributed by atoms with Gasteiger partial charge in [0.05, 0.1) is 22.3 Å². The van der Waals surface area contributed by atoms with Gasteiger partial charge in [0.25, 0.3) is 0 Å². The van der Waals surface area contributed by atoms with Crippen molar-refractivity contribution in [1.82, 2.24) is 19.9 Å². The molecule has 0 bridgehead atoms. The average Bonchev–Trinajstić information content (AvgIpc) is 3.10. The number of benzene rings is 1. The van der Waals surface area contributed by atoms with Crippen LogP contribution in [-0.4, -0.2) is 40.4 Å². The summed E-state index contributed by atoms with van der Waals surface area (Å²) >= 11 is 0. The minimum Gasteiger partial charge on any atom is -0.360 e. The Hall–Kier alpha value is -2.81. The maximum atomic E-state index is 12.9. The summed E-state index contributed by atoms with van der Waals surface area (Å²) in [6.07, 6.45) is 7.11. The summed E-state index contributed by atoms with van der Waals surface area (Å²) in [5, 5.41) is 7.69. The standard InChI is InChI=1S/C16H14N4O4S/c1-25(22,23)14-6-11(20-9-17-8-18-20)4-5-12(14)15(21)13-7-19-24-16(13)10-2-3-10/h4-10H,2-3H2,1H3. The molecule has 0 aliphatic heterocycles. The largest absolute Gasteiger partial charge is 0.360 e. The molecule has 0 saturated heterocycles. The van der Waals surface area contributed by atoms with Gasteiger partial charge in [0, 0.05) is 17.7 Å². The van der Waals surface area contributed by atoms with Crippen LogP contribution in [-0.2, 0) is 9.84 Å². The normalized spacial score (nSPS) is 14.6. The van der Waals surface area contributed by atoms with Gasteiger partial charge in [-0.2, -0.15) is 5.10 Å². The molecule has 0 spiro atoms. The van der Waals surface area contributed by atoms with E-state index < -0.39 is 15.6 Å². The second-order valence-electron chi connectivity index (χ2n) is 6.00. The van der Waals surface area contributed by atoms with Gasteiger partial charge in [-0.25, -0.2) is 18.1 Å². The molecule has 0 N–H and O–H groups in total. The zero-order valence-electron chi connectivity index (χ0n) is 13.3. The van der Waals surface area contributed by atoms with E-state index in [9.17, 15) is 13.2 Å². The van der Waals surface area contributed by atoms with Crippen LogP contribution in [0.5, 0.6) is 0 Å². The molecular weight excluding hydrogens is 344 g/mol. The highest BCUT2D eigenvalue weighted by atomic mass is 32.2. The summed E-state index contributed by atoms with van der Waals surface area (Å²) in [7, 11) is -3.63. The summed E-state index contributed by atoms with van der Waals surface area (Å²) in [5.41, 5.74) is 0.916. The van der Waals surface area contributed by atoms with E-state index in [0.717, 1.165) is 19.1 Å². The van der Waals surface area contributed by atoms with Gasteiger partial charge in [-0.15, -0.1) is 0 Å². The number of aromatic nitrogens is 4.